The van der Waals surface area contributed by atoms with Crippen molar-refractivity contribution in [2.75, 3.05) is 10.6 Å². The standard InChI is InChI=1S/C16H13N7O/c1-10(24)19-15-7-13(6-11-4-2-3-5-14(11)15)18-9-12(8-17)16-20-22-23-21-16/h2-7,9,18H,1H3,(H,19,24)(H,20,21,22,23). The Hall–Kier alpha value is -3.73. The van der Waals surface area contributed by atoms with E-state index in [4.69, 9.17) is 0 Å². The van der Waals surface area contributed by atoms with Crippen LogP contribution in [0.25, 0.3) is 16.3 Å². The summed E-state index contributed by atoms with van der Waals surface area (Å²) in [5.74, 6) is 0.0465. The van der Waals surface area contributed by atoms with Gasteiger partial charge in [-0.25, -0.2) is 0 Å². The monoisotopic (exact) mass is 319 g/mol. The molecule has 0 radical (unpaired) electrons. The van der Waals surface area contributed by atoms with Crippen LogP contribution in [0.2, 0.25) is 0 Å². The SMILES string of the molecule is CC(=O)Nc1cc(NC=C(C#N)c2nn[nH]n2)cc2ccccc12. The van der Waals surface area contributed by atoms with E-state index >= 15 is 0 Å². The Kier molecular flexibility index (Phi) is 4.16. The molecule has 3 aromatic rings. The Balaban J connectivity index is 1.98. The maximum Gasteiger partial charge on any atom is 0.221 e. The Morgan fingerprint density at radius 3 is 2.88 bits per heavy atom. The minimum absolute atomic E-state index is 0.155. The molecule has 1 heterocycles. The highest BCUT2D eigenvalue weighted by atomic mass is 16.1. The second-order valence-electron chi connectivity index (χ2n) is 4.98. The number of nitriles is 1. The molecule has 8 heteroatoms. The van der Waals surface area contributed by atoms with Crippen LogP contribution in [-0.2, 0) is 4.79 Å². The van der Waals surface area contributed by atoms with Gasteiger partial charge in [0.05, 0.1) is 5.69 Å². The highest BCUT2D eigenvalue weighted by molar-refractivity contribution is 6.03. The molecule has 0 aliphatic carbocycles. The number of nitrogens with zero attached hydrogens (tertiary/aromatic N) is 4. The molecular formula is C16H13N7O. The number of fused-ring (bicyclic) bond motifs is 1. The molecule has 24 heavy (non-hydrogen) atoms. The van der Waals surface area contributed by atoms with Crippen LogP contribution in [0, 0.1) is 11.3 Å². The fraction of sp³-hybridized carbons (Fsp3) is 0.0625. The molecule has 3 N–H and O–H groups in total. The Labute approximate surface area is 137 Å². The fourth-order valence-corrected chi connectivity index (χ4v) is 2.27. The number of nitrogens with one attached hydrogen (secondary N) is 3. The second kappa shape index (κ2) is 6.58. The normalized spacial score (nSPS) is 11.1. The van der Waals surface area contributed by atoms with Crippen molar-refractivity contribution >= 4 is 33.6 Å². The molecule has 0 bridgehead atoms. The van der Waals surface area contributed by atoms with Crippen LogP contribution in [0.15, 0.2) is 42.6 Å². The molecule has 1 aromatic heterocycles. The van der Waals surface area contributed by atoms with E-state index in [0.717, 1.165) is 10.8 Å². The average molecular weight is 319 g/mol. The van der Waals surface area contributed by atoms with Crippen LogP contribution >= 0.6 is 0 Å². The lowest BCUT2D eigenvalue weighted by Gasteiger charge is -2.10. The highest BCUT2D eigenvalue weighted by Crippen LogP contribution is 2.28. The van der Waals surface area contributed by atoms with Gasteiger partial charge in [0.2, 0.25) is 11.7 Å². The number of hydrogen-bond donors (Lipinski definition) is 3. The first-order valence-electron chi connectivity index (χ1n) is 7.08. The summed E-state index contributed by atoms with van der Waals surface area (Å²) in [7, 11) is 0. The summed E-state index contributed by atoms with van der Waals surface area (Å²) in [6, 6.07) is 13.4. The number of carbonyl (C=O) groups is 1. The van der Waals surface area contributed by atoms with Crippen molar-refractivity contribution < 1.29 is 4.79 Å². The molecule has 0 saturated carbocycles. The number of aromatic nitrogens is 4. The van der Waals surface area contributed by atoms with Crippen molar-refractivity contribution in [3.8, 4) is 6.07 Å². The highest BCUT2D eigenvalue weighted by Gasteiger charge is 2.07. The summed E-state index contributed by atoms with van der Waals surface area (Å²) in [6.07, 6.45) is 1.49. The number of rotatable bonds is 4. The van der Waals surface area contributed by atoms with Gasteiger partial charge in [0.25, 0.3) is 0 Å². The van der Waals surface area contributed by atoms with Crippen LogP contribution in [0.1, 0.15) is 12.7 Å². The van der Waals surface area contributed by atoms with E-state index < -0.39 is 0 Å². The van der Waals surface area contributed by atoms with Crippen molar-refractivity contribution in [2.45, 2.75) is 6.92 Å². The zero-order valence-electron chi connectivity index (χ0n) is 12.7. The minimum atomic E-state index is -0.155. The summed E-state index contributed by atoms with van der Waals surface area (Å²) in [5, 5.41) is 30.2. The van der Waals surface area contributed by atoms with E-state index in [2.05, 4.69) is 31.3 Å². The Morgan fingerprint density at radius 2 is 2.17 bits per heavy atom. The topological polar surface area (TPSA) is 119 Å². The van der Waals surface area contributed by atoms with Crippen molar-refractivity contribution in [3.05, 3.63) is 48.4 Å². The number of aromatic amines is 1. The molecule has 0 unspecified atom stereocenters. The fourth-order valence-electron chi connectivity index (χ4n) is 2.27. The van der Waals surface area contributed by atoms with Crippen molar-refractivity contribution in [2.24, 2.45) is 0 Å². The van der Waals surface area contributed by atoms with Gasteiger partial charge in [-0.15, -0.1) is 10.2 Å². The predicted octanol–water partition coefficient (Wildman–Crippen LogP) is 2.29. The van der Waals surface area contributed by atoms with Gasteiger partial charge in [0.15, 0.2) is 0 Å². The third kappa shape index (κ3) is 3.20. The first-order chi connectivity index (χ1) is 11.7. The number of carbonyl (C=O) groups excluding carboxylic acids is 1. The quantitative estimate of drug-likeness (QED) is 0.635. The number of allylic oxidation sites excluding steroid dienone is 1. The Bertz CT molecular complexity index is 954. The van der Waals surface area contributed by atoms with Crippen molar-refractivity contribution in [1.82, 2.24) is 20.6 Å². The molecular weight excluding hydrogens is 306 g/mol. The number of benzene rings is 2. The number of hydrogen-bond acceptors (Lipinski definition) is 6. The van der Waals surface area contributed by atoms with Crippen molar-refractivity contribution in [1.29, 1.82) is 5.26 Å². The molecule has 0 aliphatic heterocycles. The molecule has 0 aliphatic rings. The molecule has 0 spiro atoms. The van der Waals surface area contributed by atoms with E-state index in [1.165, 1.54) is 13.1 Å². The van der Waals surface area contributed by atoms with Gasteiger partial charge in [-0.1, -0.05) is 24.3 Å². The van der Waals surface area contributed by atoms with Gasteiger partial charge in [-0.2, -0.15) is 10.5 Å². The molecule has 3 rings (SSSR count). The van der Waals surface area contributed by atoms with Gasteiger partial charge in [0, 0.05) is 24.2 Å². The van der Waals surface area contributed by atoms with Gasteiger partial charge < -0.3 is 10.6 Å². The molecule has 118 valence electrons. The summed E-state index contributed by atoms with van der Waals surface area (Å²) in [4.78, 5) is 11.4. The smallest absolute Gasteiger partial charge is 0.221 e. The maximum absolute atomic E-state index is 11.4. The summed E-state index contributed by atoms with van der Waals surface area (Å²) in [5.41, 5.74) is 1.64. The molecule has 1 amide bonds. The first kappa shape index (κ1) is 15.2. The number of anilines is 2. The van der Waals surface area contributed by atoms with Crippen LogP contribution in [0.3, 0.4) is 0 Å². The van der Waals surface area contributed by atoms with Gasteiger partial charge in [-0.05, 0) is 22.7 Å². The van der Waals surface area contributed by atoms with Crippen LogP contribution in [0.4, 0.5) is 11.4 Å². The van der Waals surface area contributed by atoms with Gasteiger partial charge >= 0.3 is 0 Å². The lowest BCUT2D eigenvalue weighted by molar-refractivity contribution is -0.114. The average Bonchev–Trinajstić information content (AvgIpc) is 3.09. The molecule has 0 atom stereocenters. The van der Waals surface area contributed by atoms with Gasteiger partial charge in [0.1, 0.15) is 11.6 Å². The second-order valence-corrected chi connectivity index (χ2v) is 4.98. The van der Waals surface area contributed by atoms with Crippen LogP contribution < -0.4 is 10.6 Å². The number of amides is 1. The first-order valence-corrected chi connectivity index (χ1v) is 7.08. The van der Waals surface area contributed by atoms with E-state index in [9.17, 15) is 10.1 Å². The third-order valence-electron chi connectivity index (χ3n) is 3.26. The van der Waals surface area contributed by atoms with Crippen LogP contribution in [0.5, 0.6) is 0 Å². The third-order valence-corrected chi connectivity index (χ3v) is 3.26. The summed E-state index contributed by atoms with van der Waals surface area (Å²) < 4.78 is 0. The molecule has 0 saturated heterocycles. The molecule has 0 fully saturated rings. The maximum atomic E-state index is 11.4. The van der Waals surface area contributed by atoms with E-state index in [1.54, 1.807) is 6.07 Å². The summed E-state index contributed by atoms with van der Waals surface area (Å²) in [6.45, 7) is 1.46. The number of tetrazole rings is 1. The summed E-state index contributed by atoms with van der Waals surface area (Å²) >= 11 is 0. The number of H-pyrrole nitrogens is 1. The molecule has 2 aromatic carbocycles. The van der Waals surface area contributed by atoms with Crippen LogP contribution in [-0.4, -0.2) is 26.5 Å². The predicted molar refractivity (Wildman–Crippen MR) is 89.6 cm³/mol. The van der Waals surface area contributed by atoms with E-state index in [-0.39, 0.29) is 17.3 Å². The lowest BCUT2D eigenvalue weighted by Crippen LogP contribution is -2.06. The van der Waals surface area contributed by atoms with Gasteiger partial charge in [-0.3, -0.25) is 4.79 Å². The Morgan fingerprint density at radius 1 is 1.33 bits per heavy atom. The minimum Gasteiger partial charge on any atom is -0.360 e. The van der Waals surface area contributed by atoms with E-state index in [0.29, 0.717) is 11.4 Å². The van der Waals surface area contributed by atoms with Crippen molar-refractivity contribution in [3.63, 3.8) is 0 Å². The van der Waals surface area contributed by atoms with E-state index in [1.807, 2.05) is 36.4 Å². The lowest BCUT2D eigenvalue weighted by atomic mass is 10.1. The molecule has 8 nitrogen and oxygen atoms in total. The zero-order chi connectivity index (χ0) is 16.9. The zero-order valence-corrected chi connectivity index (χ0v) is 12.7. The largest absolute Gasteiger partial charge is 0.360 e.